The standard InChI is InChI=1S/C20H18Br2FNO5/c1-10-14(21)17(22)24(15(10)16(25)11-4-6-12(23)7-5-11)9-8-13-18(26)28-20(2,3)29-19(13)27/h4-7,13H,8-9H2,1-3H3. The summed E-state index contributed by atoms with van der Waals surface area (Å²) in [4.78, 5) is 37.5. The van der Waals surface area contributed by atoms with Crippen LogP contribution in [0.1, 0.15) is 41.9 Å². The van der Waals surface area contributed by atoms with Crippen LogP contribution in [-0.2, 0) is 25.6 Å². The highest BCUT2D eigenvalue weighted by Gasteiger charge is 2.43. The predicted molar refractivity (Wildman–Crippen MR) is 109 cm³/mol. The molecule has 0 spiro atoms. The Morgan fingerprint density at radius 2 is 1.69 bits per heavy atom. The zero-order valence-electron chi connectivity index (χ0n) is 15.9. The molecule has 1 aromatic carbocycles. The van der Waals surface area contributed by atoms with Crippen LogP contribution in [0.3, 0.4) is 0 Å². The number of rotatable bonds is 5. The molecule has 0 unspecified atom stereocenters. The topological polar surface area (TPSA) is 74.6 Å². The Kier molecular flexibility index (Phi) is 6.01. The van der Waals surface area contributed by atoms with Crippen LogP contribution in [0.25, 0.3) is 0 Å². The smallest absolute Gasteiger partial charge is 0.323 e. The summed E-state index contributed by atoms with van der Waals surface area (Å²) in [7, 11) is 0. The molecule has 1 saturated heterocycles. The van der Waals surface area contributed by atoms with Gasteiger partial charge in [0.15, 0.2) is 5.92 Å². The number of ether oxygens (including phenoxy) is 2. The molecule has 3 rings (SSSR count). The Morgan fingerprint density at radius 3 is 2.24 bits per heavy atom. The third kappa shape index (κ3) is 4.30. The van der Waals surface area contributed by atoms with E-state index < -0.39 is 29.5 Å². The van der Waals surface area contributed by atoms with Crippen molar-refractivity contribution in [3.05, 3.63) is 56.0 Å². The lowest BCUT2D eigenvalue weighted by atomic mass is 10.0. The average molecular weight is 531 g/mol. The fourth-order valence-corrected chi connectivity index (χ4v) is 4.21. The van der Waals surface area contributed by atoms with Gasteiger partial charge in [0.05, 0.1) is 14.8 Å². The van der Waals surface area contributed by atoms with E-state index in [-0.39, 0.29) is 18.7 Å². The highest BCUT2D eigenvalue weighted by molar-refractivity contribution is 9.13. The Bertz CT molecular complexity index is 977. The Labute approximate surface area is 183 Å². The molecule has 2 heterocycles. The predicted octanol–water partition coefficient (Wildman–Crippen LogP) is 4.53. The first-order chi connectivity index (χ1) is 13.5. The maximum atomic E-state index is 13.2. The summed E-state index contributed by atoms with van der Waals surface area (Å²) in [6.45, 7) is 4.93. The number of hydrogen-bond donors (Lipinski definition) is 0. The zero-order valence-corrected chi connectivity index (χ0v) is 19.1. The minimum absolute atomic E-state index is 0.0939. The average Bonchev–Trinajstić information content (AvgIpc) is 2.84. The Hall–Kier alpha value is -2.00. The molecule has 6 nitrogen and oxygen atoms in total. The van der Waals surface area contributed by atoms with Gasteiger partial charge in [0.2, 0.25) is 5.78 Å². The van der Waals surface area contributed by atoms with Crippen LogP contribution >= 0.6 is 31.9 Å². The van der Waals surface area contributed by atoms with E-state index in [4.69, 9.17) is 9.47 Å². The van der Waals surface area contributed by atoms with Crippen molar-refractivity contribution in [2.45, 2.75) is 39.5 Å². The maximum Gasteiger partial charge on any atom is 0.323 e. The van der Waals surface area contributed by atoms with Crippen LogP contribution in [0.2, 0.25) is 0 Å². The summed E-state index contributed by atoms with van der Waals surface area (Å²) in [5, 5.41) is 0. The number of aromatic nitrogens is 1. The quantitative estimate of drug-likeness (QED) is 0.322. The number of esters is 2. The Balaban J connectivity index is 1.89. The minimum Gasteiger partial charge on any atom is -0.422 e. The lowest BCUT2D eigenvalue weighted by Gasteiger charge is -2.33. The molecule has 0 saturated carbocycles. The van der Waals surface area contributed by atoms with Crippen molar-refractivity contribution < 1.29 is 28.2 Å². The summed E-state index contributed by atoms with van der Waals surface area (Å²) in [5.74, 6) is -4.42. The highest BCUT2D eigenvalue weighted by Crippen LogP contribution is 2.35. The van der Waals surface area contributed by atoms with Gasteiger partial charge in [-0.2, -0.15) is 0 Å². The molecule has 1 aliphatic rings. The largest absolute Gasteiger partial charge is 0.422 e. The van der Waals surface area contributed by atoms with E-state index in [9.17, 15) is 18.8 Å². The van der Waals surface area contributed by atoms with Crippen molar-refractivity contribution in [3.8, 4) is 0 Å². The van der Waals surface area contributed by atoms with Crippen LogP contribution in [0.5, 0.6) is 0 Å². The second kappa shape index (κ2) is 8.02. The van der Waals surface area contributed by atoms with Crippen LogP contribution in [0, 0.1) is 18.7 Å². The number of cyclic esters (lactones) is 2. The fourth-order valence-electron chi connectivity index (χ4n) is 3.16. The van der Waals surface area contributed by atoms with Gasteiger partial charge in [-0.3, -0.25) is 14.4 Å². The molecule has 0 aliphatic carbocycles. The number of ketones is 1. The molecule has 0 N–H and O–H groups in total. The Morgan fingerprint density at radius 1 is 1.14 bits per heavy atom. The first kappa shape index (κ1) is 21.7. The van der Waals surface area contributed by atoms with Gasteiger partial charge in [0, 0.05) is 26.0 Å². The van der Waals surface area contributed by atoms with Gasteiger partial charge in [0.25, 0.3) is 5.79 Å². The van der Waals surface area contributed by atoms with Crippen LogP contribution < -0.4 is 0 Å². The van der Waals surface area contributed by atoms with Crippen molar-refractivity contribution in [1.82, 2.24) is 4.57 Å². The van der Waals surface area contributed by atoms with Gasteiger partial charge in [-0.15, -0.1) is 0 Å². The normalized spacial score (nSPS) is 16.5. The van der Waals surface area contributed by atoms with Crippen molar-refractivity contribution in [2.24, 2.45) is 5.92 Å². The number of carbonyl (C=O) groups excluding carboxylic acids is 3. The van der Waals surface area contributed by atoms with Crippen molar-refractivity contribution in [2.75, 3.05) is 0 Å². The van der Waals surface area contributed by atoms with Crippen LogP contribution in [0.15, 0.2) is 33.3 Å². The summed E-state index contributed by atoms with van der Waals surface area (Å²) < 4.78 is 26.5. The van der Waals surface area contributed by atoms with Gasteiger partial charge < -0.3 is 14.0 Å². The van der Waals surface area contributed by atoms with Crippen molar-refractivity contribution in [1.29, 1.82) is 0 Å². The molecular formula is C20H18Br2FNO5. The number of hydrogen-bond acceptors (Lipinski definition) is 5. The minimum atomic E-state index is -1.29. The van der Waals surface area contributed by atoms with E-state index in [1.807, 2.05) is 0 Å². The van der Waals surface area contributed by atoms with Gasteiger partial charge in [-0.25, -0.2) is 4.39 Å². The van der Waals surface area contributed by atoms with Crippen LogP contribution in [0.4, 0.5) is 4.39 Å². The zero-order chi connectivity index (χ0) is 21.5. The lowest BCUT2D eigenvalue weighted by Crippen LogP contribution is -2.46. The number of nitrogens with zero attached hydrogens (tertiary/aromatic N) is 1. The highest BCUT2D eigenvalue weighted by atomic mass is 79.9. The second-order valence-corrected chi connectivity index (χ2v) is 8.69. The van der Waals surface area contributed by atoms with Crippen molar-refractivity contribution >= 4 is 49.6 Å². The van der Waals surface area contributed by atoms with E-state index in [0.717, 1.165) is 0 Å². The number of carbonyl (C=O) groups is 3. The summed E-state index contributed by atoms with van der Waals surface area (Å²) >= 11 is 6.89. The summed E-state index contributed by atoms with van der Waals surface area (Å²) in [6, 6.07) is 5.26. The van der Waals surface area contributed by atoms with E-state index in [2.05, 4.69) is 31.9 Å². The molecule has 0 radical (unpaired) electrons. The molecule has 154 valence electrons. The lowest BCUT2D eigenvalue weighted by molar-refractivity contribution is -0.240. The third-order valence-electron chi connectivity index (χ3n) is 4.60. The van der Waals surface area contributed by atoms with E-state index >= 15 is 0 Å². The molecule has 9 heteroatoms. The first-order valence-corrected chi connectivity index (χ1v) is 10.4. The molecule has 1 aliphatic heterocycles. The molecule has 1 aromatic heterocycles. The van der Waals surface area contributed by atoms with E-state index in [0.29, 0.717) is 25.9 Å². The molecule has 0 atom stereocenters. The van der Waals surface area contributed by atoms with Gasteiger partial charge in [-0.1, -0.05) is 0 Å². The molecule has 2 aromatic rings. The fraction of sp³-hybridized carbons (Fsp3) is 0.350. The van der Waals surface area contributed by atoms with E-state index in [1.54, 1.807) is 11.5 Å². The maximum absolute atomic E-state index is 13.2. The van der Waals surface area contributed by atoms with Gasteiger partial charge >= 0.3 is 11.9 Å². The van der Waals surface area contributed by atoms with Gasteiger partial charge in [0.1, 0.15) is 5.82 Å². The van der Waals surface area contributed by atoms with Crippen molar-refractivity contribution in [3.63, 3.8) is 0 Å². The molecule has 1 fully saturated rings. The summed E-state index contributed by atoms with van der Waals surface area (Å²) in [6.07, 6.45) is 0.0939. The monoisotopic (exact) mass is 529 g/mol. The van der Waals surface area contributed by atoms with Gasteiger partial charge in [-0.05, 0) is 75.0 Å². The molecular weight excluding hydrogens is 513 g/mol. The number of benzene rings is 1. The molecule has 29 heavy (non-hydrogen) atoms. The second-order valence-electron chi connectivity index (χ2n) is 7.15. The first-order valence-electron chi connectivity index (χ1n) is 8.82. The summed E-state index contributed by atoms with van der Waals surface area (Å²) in [5.41, 5.74) is 1.38. The third-order valence-corrected chi connectivity index (χ3v) is 6.92. The SMILES string of the molecule is Cc1c(Br)c(Br)n(CCC2C(=O)OC(C)(C)OC2=O)c1C(=O)c1ccc(F)cc1. The van der Waals surface area contributed by atoms with Crippen LogP contribution in [-0.4, -0.2) is 28.1 Å². The number of halogens is 3. The molecule has 0 amide bonds. The van der Waals surface area contributed by atoms with E-state index in [1.165, 1.54) is 38.1 Å². The molecule has 0 bridgehead atoms.